The molecule has 9 rings (SSSR count). The van der Waals surface area contributed by atoms with Crippen molar-refractivity contribution in [2.24, 2.45) is 17.8 Å². The van der Waals surface area contributed by atoms with Gasteiger partial charge in [0.05, 0.1) is 0 Å². The van der Waals surface area contributed by atoms with Crippen LogP contribution in [-0.2, 0) is 6.54 Å². The summed E-state index contributed by atoms with van der Waals surface area (Å²) in [4.78, 5) is 14.0. The number of allylic oxidation sites excluding steroid dienone is 2. The smallest absolute Gasteiger partial charge is 0.576 e. The average molecular weight is 799 g/mol. The highest BCUT2D eigenvalue weighted by Crippen LogP contribution is 2.42. The van der Waals surface area contributed by atoms with E-state index >= 15 is 0 Å². The summed E-state index contributed by atoms with van der Waals surface area (Å²) in [5, 5.41) is 6.71. The normalized spacial score (nSPS) is 16.0. The van der Waals surface area contributed by atoms with Gasteiger partial charge in [-0.1, -0.05) is 135 Å². The Kier molecular flexibility index (Phi) is 20.6. The third-order valence-electron chi connectivity index (χ3n) is 10.4. The molecule has 308 valence electrons. The number of rotatable bonds is 15. The number of fused-ring (bicyclic) bond motifs is 5. The third kappa shape index (κ3) is 12.5. The van der Waals surface area contributed by atoms with Crippen LogP contribution < -0.4 is 16.7 Å². The van der Waals surface area contributed by atoms with Crippen molar-refractivity contribution in [3.63, 3.8) is 0 Å². The minimum atomic E-state index is -2.95. The maximum absolute atomic E-state index is 6.68. The minimum absolute atomic E-state index is 0.615. The van der Waals surface area contributed by atoms with Gasteiger partial charge in [-0.15, -0.1) is 0 Å². The number of pyridine rings is 3. The Morgan fingerprint density at radius 3 is 1.69 bits per heavy atom. The fourth-order valence-electron chi connectivity index (χ4n) is 7.80. The highest BCUT2D eigenvalue weighted by molar-refractivity contribution is 6.40. The molecule has 0 spiro atoms. The zero-order valence-electron chi connectivity index (χ0n) is 36.4. The number of nitrogens with zero attached hydrogens (tertiary/aromatic N) is 3. The average Bonchev–Trinajstić information content (AvgIpc) is 3.31. The molecular formula is C50H67AlN4O3. The van der Waals surface area contributed by atoms with Crippen LogP contribution in [0, 0.1) is 17.8 Å². The molecule has 0 radical (unpaired) electrons. The number of aromatic nitrogens is 3. The van der Waals surface area contributed by atoms with Crippen LogP contribution in [0.1, 0.15) is 112 Å². The number of hydrogen-bond acceptors (Lipinski definition) is 7. The number of nitrogens with one attached hydrogen (secondary N) is 1. The van der Waals surface area contributed by atoms with Gasteiger partial charge >= 0.3 is 15.1 Å². The molecule has 3 atom stereocenters. The first kappa shape index (κ1) is 46.2. The van der Waals surface area contributed by atoms with E-state index in [9.17, 15) is 0 Å². The molecule has 1 saturated carbocycles. The van der Waals surface area contributed by atoms with Crippen LogP contribution in [0.25, 0.3) is 32.7 Å². The zero-order chi connectivity index (χ0) is 41.5. The first-order chi connectivity index (χ1) is 28.8. The summed E-state index contributed by atoms with van der Waals surface area (Å²) in [6.45, 7) is 17.8. The second kappa shape index (κ2) is 25.8. The van der Waals surface area contributed by atoms with Crippen LogP contribution in [0.2, 0.25) is 0 Å². The molecule has 6 aromatic rings. The number of para-hydroxylation sites is 2. The maximum Gasteiger partial charge on any atom is 1.20 e. The third-order valence-corrected chi connectivity index (χ3v) is 11.7. The first-order valence-corrected chi connectivity index (χ1v) is 23.6. The van der Waals surface area contributed by atoms with Crippen molar-refractivity contribution in [1.82, 2.24) is 20.3 Å². The quantitative estimate of drug-likeness (QED) is 0.0629. The van der Waals surface area contributed by atoms with Crippen molar-refractivity contribution in [2.75, 3.05) is 6.54 Å². The molecule has 0 aliphatic heterocycles. The van der Waals surface area contributed by atoms with Crippen LogP contribution in [-0.4, -0.2) is 36.6 Å². The SMILES string of the molecule is C1=CC2CCC1CC2CCCCCCNCc1ccc([O][Al]([O]c2cccc3cccnc23)[O]c2cccc3cccnc23)c2ncccc12.CC.CC.CC.CC. The molecule has 3 aliphatic rings. The zero-order valence-corrected chi connectivity index (χ0v) is 37.6. The van der Waals surface area contributed by atoms with Gasteiger partial charge in [-0.3, -0.25) is 15.0 Å². The summed E-state index contributed by atoms with van der Waals surface area (Å²) in [6.07, 6.45) is 21.2. The lowest BCUT2D eigenvalue weighted by molar-refractivity contribution is 0.205. The van der Waals surface area contributed by atoms with Crippen LogP contribution in [0.4, 0.5) is 0 Å². The van der Waals surface area contributed by atoms with Crippen LogP contribution in [0.5, 0.6) is 17.2 Å². The second-order valence-corrected chi connectivity index (χ2v) is 15.0. The molecule has 3 unspecified atom stereocenters. The van der Waals surface area contributed by atoms with E-state index < -0.39 is 15.1 Å². The molecule has 8 heteroatoms. The number of benzene rings is 3. The number of hydrogen-bond donors (Lipinski definition) is 1. The highest BCUT2D eigenvalue weighted by atomic mass is 27.3. The van der Waals surface area contributed by atoms with Crippen molar-refractivity contribution >= 4 is 47.9 Å². The van der Waals surface area contributed by atoms with E-state index in [-0.39, 0.29) is 0 Å². The van der Waals surface area contributed by atoms with E-state index in [1.807, 2.05) is 134 Å². The molecule has 3 aromatic carbocycles. The highest BCUT2D eigenvalue weighted by Gasteiger charge is 2.46. The molecule has 3 aliphatic carbocycles. The van der Waals surface area contributed by atoms with Crippen molar-refractivity contribution in [3.05, 3.63) is 121 Å². The van der Waals surface area contributed by atoms with Gasteiger partial charge in [-0.25, -0.2) is 0 Å². The lowest BCUT2D eigenvalue weighted by Gasteiger charge is -2.38. The molecule has 7 nitrogen and oxygen atoms in total. The van der Waals surface area contributed by atoms with E-state index in [2.05, 4.69) is 39.6 Å². The van der Waals surface area contributed by atoms with Crippen molar-refractivity contribution < 1.29 is 11.4 Å². The van der Waals surface area contributed by atoms with Gasteiger partial charge in [0.25, 0.3) is 0 Å². The van der Waals surface area contributed by atoms with Crippen LogP contribution in [0.3, 0.4) is 0 Å². The summed E-state index contributed by atoms with van der Waals surface area (Å²) in [5.41, 5.74) is 3.49. The predicted octanol–water partition coefficient (Wildman–Crippen LogP) is 13.6. The topological polar surface area (TPSA) is 78.4 Å². The molecule has 1 fully saturated rings. The monoisotopic (exact) mass is 799 g/mol. The molecule has 2 bridgehead atoms. The van der Waals surface area contributed by atoms with Gasteiger partial charge in [-0.2, -0.15) is 0 Å². The minimum Gasteiger partial charge on any atom is -0.576 e. The Balaban J connectivity index is 0.000000878. The molecule has 58 heavy (non-hydrogen) atoms. The summed E-state index contributed by atoms with van der Waals surface area (Å²) in [6, 6.07) is 27.9. The standard InChI is InChI=1S/C24H32N2O.2C9H7NO.4C2H6.Al/c27-23-13-12-21(22-7-5-15-26-24(22)23)17-25-14-4-2-1-3-6-20-16-18-8-10-19(20)11-9-18;2*11-8-5-1-3-7-4-2-6-10-9(7)8;4*1-2;/h5,7-8,10,12-13,15,18-20,25,27H,1-4,6,9,11,14,16-17H2;2*1-6,11H;4*1-2H3;/q;;;;;;;+3/p-3. The number of unbranched alkanes of at least 4 members (excludes halogenated alkanes) is 3. The maximum atomic E-state index is 6.68. The molecular weight excluding hydrogens is 732 g/mol. The van der Waals surface area contributed by atoms with Gasteiger partial charge in [-0.05, 0) is 98.4 Å². The first-order valence-electron chi connectivity index (χ1n) is 22.2. The van der Waals surface area contributed by atoms with Gasteiger partial charge in [0.1, 0.15) is 33.8 Å². The fraction of sp³-hybridized carbons (Fsp3) is 0.420. The van der Waals surface area contributed by atoms with E-state index in [0.717, 1.165) is 63.6 Å². The summed E-state index contributed by atoms with van der Waals surface area (Å²) >= 11 is -2.95. The fourth-order valence-corrected chi connectivity index (χ4v) is 9.13. The molecule has 3 heterocycles. The summed E-state index contributed by atoms with van der Waals surface area (Å²) < 4.78 is 19.9. The molecule has 1 N–H and O–H groups in total. The van der Waals surface area contributed by atoms with E-state index in [0.29, 0.717) is 17.2 Å². The Labute approximate surface area is 354 Å². The van der Waals surface area contributed by atoms with Gasteiger partial charge in [0, 0.05) is 41.3 Å². The van der Waals surface area contributed by atoms with Crippen LogP contribution in [0.15, 0.2) is 116 Å². The van der Waals surface area contributed by atoms with E-state index in [4.69, 9.17) is 16.3 Å². The molecule has 0 amide bonds. The van der Waals surface area contributed by atoms with Crippen LogP contribution >= 0.6 is 0 Å². The second-order valence-electron chi connectivity index (χ2n) is 13.7. The summed E-state index contributed by atoms with van der Waals surface area (Å²) in [7, 11) is 0. The molecule has 0 saturated heterocycles. The van der Waals surface area contributed by atoms with Crippen molar-refractivity contribution in [2.45, 2.75) is 113 Å². The Bertz CT molecular complexity index is 2020. The summed E-state index contributed by atoms with van der Waals surface area (Å²) in [5.74, 6) is 4.52. The Morgan fingerprint density at radius 2 is 1.12 bits per heavy atom. The van der Waals surface area contributed by atoms with Gasteiger partial charge in [0.2, 0.25) is 0 Å². The Hall–Kier alpha value is -4.48. The largest absolute Gasteiger partial charge is 1.20 e. The van der Waals surface area contributed by atoms with Gasteiger partial charge in [0.15, 0.2) is 0 Å². The van der Waals surface area contributed by atoms with E-state index in [1.54, 1.807) is 12.4 Å². The Morgan fingerprint density at radius 1 is 0.569 bits per heavy atom. The van der Waals surface area contributed by atoms with Gasteiger partial charge < -0.3 is 16.7 Å². The van der Waals surface area contributed by atoms with Crippen molar-refractivity contribution in [1.29, 1.82) is 0 Å². The molecule has 3 aromatic heterocycles. The lowest BCUT2D eigenvalue weighted by Crippen LogP contribution is -2.37. The predicted molar refractivity (Wildman–Crippen MR) is 247 cm³/mol. The van der Waals surface area contributed by atoms with E-state index in [1.165, 1.54) is 56.9 Å². The lowest BCUT2D eigenvalue weighted by atomic mass is 9.67. The van der Waals surface area contributed by atoms with Crippen molar-refractivity contribution in [3.8, 4) is 17.2 Å².